The predicted octanol–water partition coefficient (Wildman–Crippen LogP) is 2.18. The molecule has 1 aliphatic rings. The highest BCUT2D eigenvalue weighted by molar-refractivity contribution is 9.10. The molecule has 5 heteroatoms. The van der Waals surface area contributed by atoms with Crippen LogP contribution >= 0.6 is 28.3 Å². The molecule has 0 aromatic heterocycles. The number of hydrogen-bond donors (Lipinski definition) is 2. The van der Waals surface area contributed by atoms with E-state index >= 15 is 0 Å². The molecule has 0 saturated heterocycles. The van der Waals surface area contributed by atoms with Gasteiger partial charge in [-0.2, -0.15) is 0 Å². The molecule has 1 heterocycles. The third-order valence-corrected chi connectivity index (χ3v) is 3.50. The Morgan fingerprint density at radius 3 is 2.88 bits per heavy atom. The van der Waals surface area contributed by atoms with Crippen LogP contribution in [0.2, 0.25) is 0 Å². The predicted molar refractivity (Wildman–Crippen MR) is 73.4 cm³/mol. The quantitative estimate of drug-likeness (QED) is 0.880. The topological polar surface area (TPSA) is 50.4 Å². The first-order valence-corrected chi connectivity index (χ1v) is 5.78. The number of aliphatic imine (C=N–C) groups is 1. The lowest BCUT2D eigenvalue weighted by Crippen LogP contribution is -2.31. The molecule has 2 rings (SSSR count). The van der Waals surface area contributed by atoms with E-state index in [0.717, 1.165) is 29.0 Å². The van der Waals surface area contributed by atoms with Gasteiger partial charge in [0.15, 0.2) is 0 Å². The monoisotopic (exact) mass is 303 g/mol. The molecule has 1 atom stereocenters. The summed E-state index contributed by atoms with van der Waals surface area (Å²) in [7, 11) is 0. The van der Waals surface area contributed by atoms with E-state index in [-0.39, 0.29) is 18.4 Å². The lowest BCUT2D eigenvalue weighted by molar-refractivity contribution is 0.886. The van der Waals surface area contributed by atoms with Crippen LogP contribution in [0, 0.1) is 6.92 Å². The largest absolute Gasteiger partial charge is 0.370 e. The fourth-order valence-electron chi connectivity index (χ4n) is 1.73. The summed E-state index contributed by atoms with van der Waals surface area (Å²) in [5, 5.41) is 3.21. The van der Waals surface area contributed by atoms with E-state index in [2.05, 4.69) is 33.2 Å². The summed E-state index contributed by atoms with van der Waals surface area (Å²) in [4.78, 5) is 4.35. The van der Waals surface area contributed by atoms with Crippen molar-refractivity contribution >= 4 is 34.2 Å². The van der Waals surface area contributed by atoms with Gasteiger partial charge in [0.1, 0.15) is 5.84 Å². The van der Waals surface area contributed by atoms with Gasteiger partial charge in [-0.05, 0) is 24.1 Å². The van der Waals surface area contributed by atoms with Gasteiger partial charge in [0.25, 0.3) is 0 Å². The van der Waals surface area contributed by atoms with Gasteiger partial charge in [-0.25, -0.2) is 0 Å². The summed E-state index contributed by atoms with van der Waals surface area (Å²) in [6, 6.07) is 5.94. The first-order valence-electron chi connectivity index (χ1n) is 4.99. The SMILES string of the molecule is Cc1c(Br)cccc1C(N)C1=NCCN1.Cl. The highest BCUT2D eigenvalue weighted by atomic mass is 79.9. The maximum absolute atomic E-state index is 6.16. The third-order valence-electron chi connectivity index (χ3n) is 2.64. The van der Waals surface area contributed by atoms with Crippen LogP contribution in [-0.4, -0.2) is 18.9 Å². The summed E-state index contributed by atoms with van der Waals surface area (Å²) in [5.41, 5.74) is 8.46. The Morgan fingerprint density at radius 1 is 1.50 bits per heavy atom. The number of nitrogens with two attached hydrogens (primary N) is 1. The Morgan fingerprint density at radius 2 is 2.25 bits per heavy atom. The number of nitrogens with zero attached hydrogens (tertiary/aromatic N) is 1. The van der Waals surface area contributed by atoms with Crippen molar-refractivity contribution in [3.05, 3.63) is 33.8 Å². The fraction of sp³-hybridized carbons (Fsp3) is 0.364. The molecule has 0 amide bonds. The first kappa shape index (κ1) is 13.5. The molecular weight excluding hydrogens is 289 g/mol. The van der Waals surface area contributed by atoms with Crippen LogP contribution in [0.4, 0.5) is 0 Å². The van der Waals surface area contributed by atoms with Crippen LogP contribution in [0.1, 0.15) is 17.2 Å². The summed E-state index contributed by atoms with van der Waals surface area (Å²) < 4.78 is 1.09. The van der Waals surface area contributed by atoms with Gasteiger partial charge in [0.2, 0.25) is 0 Å². The summed E-state index contributed by atoms with van der Waals surface area (Å²) in [5.74, 6) is 0.899. The Bertz CT molecular complexity index is 406. The van der Waals surface area contributed by atoms with Crippen LogP contribution < -0.4 is 11.1 Å². The van der Waals surface area contributed by atoms with Crippen molar-refractivity contribution in [1.29, 1.82) is 0 Å². The van der Waals surface area contributed by atoms with Crippen molar-refractivity contribution in [3.63, 3.8) is 0 Å². The van der Waals surface area contributed by atoms with Crippen LogP contribution in [0.5, 0.6) is 0 Å². The minimum atomic E-state index is -0.134. The summed E-state index contributed by atoms with van der Waals surface area (Å²) in [6.45, 7) is 3.79. The zero-order valence-corrected chi connectivity index (χ0v) is 11.4. The molecule has 3 N–H and O–H groups in total. The van der Waals surface area contributed by atoms with Crippen molar-refractivity contribution in [3.8, 4) is 0 Å². The van der Waals surface area contributed by atoms with Crippen molar-refractivity contribution in [2.45, 2.75) is 13.0 Å². The van der Waals surface area contributed by atoms with Crippen molar-refractivity contribution in [2.24, 2.45) is 10.7 Å². The van der Waals surface area contributed by atoms with Crippen LogP contribution in [-0.2, 0) is 0 Å². The number of nitrogens with one attached hydrogen (secondary N) is 1. The second-order valence-corrected chi connectivity index (χ2v) is 4.48. The average Bonchev–Trinajstić information content (AvgIpc) is 2.74. The maximum atomic E-state index is 6.16. The first-order chi connectivity index (χ1) is 7.20. The normalized spacial score (nSPS) is 16.1. The van der Waals surface area contributed by atoms with Crippen LogP contribution in [0.3, 0.4) is 0 Å². The van der Waals surface area contributed by atoms with Gasteiger partial charge in [-0.15, -0.1) is 12.4 Å². The van der Waals surface area contributed by atoms with Crippen LogP contribution in [0.25, 0.3) is 0 Å². The number of rotatable bonds is 2. The standard InChI is InChI=1S/C11H14BrN3.ClH/c1-7-8(3-2-4-9(7)12)10(13)11-14-5-6-15-11;/h2-4,10H,5-6,13H2,1H3,(H,14,15);1H. The lowest BCUT2D eigenvalue weighted by Gasteiger charge is -2.16. The Kier molecular flexibility index (Phi) is 4.77. The van der Waals surface area contributed by atoms with E-state index in [1.54, 1.807) is 0 Å². The highest BCUT2D eigenvalue weighted by Gasteiger charge is 2.18. The van der Waals surface area contributed by atoms with Gasteiger partial charge in [0, 0.05) is 11.0 Å². The summed E-state index contributed by atoms with van der Waals surface area (Å²) in [6.07, 6.45) is 0. The van der Waals surface area contributed by atoms with E-state index in [1.807, 2.05) is 18.2 Å². The molecule has 3 nitrogen and oxygen atoms in total. The van der Waals surface area contributed by atoms with Gasteiger partial charge in [-0.1, -0.05) is 28.1 Å². The van der Waals surface area contributed by atoms with Crippen molar-refractivity contribution in [1.82, 2.24) is 5.32 Å². The van der Waals surface area contributed by atoms with Crippen molar-refractivity contribution < 1.29 is 0 Å². The van der Waals surface area contributed by atoms with Gasteiger partial charge >= 0.3 is 0 Å². The molecular formula is C11H15BrClN3. The zero-order valence-electron chi connectivity index (χ0n) is 9.03. The minimum absolute atomic E-state index is 0. The Hall–Kier alpha value is -0.580. The van der Waals surface area contributed by atoms with Gasteiger partial charge < -0.3 is 11.1 Å². The number of halogens is 2. The van der Waals surface area contributed by atoms with Crippen LogP contribution in [0.15, 0.2) is 27.7 Å². The molecule has 1 aromatic rings. The zero-order chi connectivity index (χ0) is 10.8. The number of amidine groups is 1. The van der Waals surface area contributed by atoms with Crippen molar-refractivity contribution in [2.75, 3.05) is 13.1 Å². The second-order valence-electron chi connectivity index (χ2n) is 3.63. The van der Waals surface area contributed by atoms with Gasteiger partial charge in [-0.3, -0.25) is 4.99 Å². The Labute approximate surface area is 110 Å². The molecule has 16 heavy (non-hydrogen) atoms. The molecule has 0 aliphatic carbocycles. The van der Waals surface area contributed by atoms with E-state index in [4.69, 9.17) is 5.73 Å². The number of hydrogen-bond acceptors (Lipinski definition) is 3. The molecule has 0 fully saturated rings. The highest BCUT2D eigenvalue weighted by Crippen LogP contribution is 2.24. The third kappa shape index (κ3) is 2.56. The molecule has 1 aromatic carbocycles. The maximum Gasteiger partial charge on any atom is 0.118 e. The van der Waals surface area contributed by atoms with E-state index in [9.17, 15) is 0 Å². The molecule has 0 radical (unpaired) electrons. The molecule has 1 unspecified atom stereocenters. The lowest BCUT2D eigenvalue weighted by atomic mass is 10.0. The second kappa shape index (κ2) is 5.66. The average molecular weight is 305 g/mol. The Balaban J connectivity index is 0.00000128. The van der Waals surface area contributed by atoms with Gasteiger partial charge in [0.05, 0.1) is 12.6 Å². The molecule has 0 saturated carbocycles. The molecule has 0 spiro atoms. The van der Waals surface area contributed by atoms with E-state index in [1.165, 1.54) is 5.56 Å². The minimum Gasteiger partial charge on any atom is -0.370 e. The summed E-state index contributed by atoms with van der Waals surface area (Å²) >= 11 is 3.51. The number of benzene rings is 1. The molecule has 88 valence electrons. The van der Waals surface area contributed by atoms with E-state index in [0.29, 0.717) is 0 Å². The molecule has 1 aliphatic heterocycles. The fourth-order valence-corrected chi connectivity index (χ4v) is 2.11. The smallest absolute Gasteiger partial charge is 0.118 e. The molecule has 0 bridgehead atoms. The van der Waals surface area contributed by atoms with E-state index < -0.39 is 0 Å².